The molecule has 2 aromatic carbocycles. The van der Waals surface area contributed by atoms with Gasteiger partial charge in [-0.1, -0.05) is 41.9 Å². The van der Waals surface area contributed by atoms with E-state index >= 15 is 0 Å². The zero-order valence-electron chi connectivity index (χ0n) is 17.7. The molecule has 8 nitrogen and oxygen atoms in total. The van der Waals surface area contributed by atoms with Gasteiger partial charge in [-0.25, -0.2) is 4.98 Å². The van der Waals surface area contributed by atoms with Gasteiger partial charge in [-0.15, -0.1) is 0 Å². The number of nitrogens with one attached hydrogen (secondary N) is 1. The molecule has 0 radical (unpaired) electrons. The summed E-state index contributed by atoms with van der Waals surface area (Å²) in [5.74, 6) is 0.923. The van der Waals surface area contributed by atoms with E-state index in [4.69, 9.17) is 4.74 Å². The summed E-state index contributed by atoms with van der Waals surface area (Å²) in [5.41, 5.74) is 1.29. The lowest BCUT2D eigenvalue weighted by atomic mass is 10.2. The molecule has 0 spiro atoms. The smallest absolute Gasteiger partial charge is 0.274 e. The van der Waals surface area contributed by atoms with E-state index in [1.807, 2.05) is 12.1 Å². The van der Waals surface area contributed by atoms with Gasteiger partial charge in [0.2, 0.25) is 0 Å². The molecule has 164 valence electrons. The number of halogens is 1. The number of hydrogen-bond acceptors (Lipinski definition) is 5. The van der Waals surface area contributed by atoms with Crippen molar-refractivity contribution in [2.45, 2.75) is 27.0 Å². The van der Waals surface area contributed by atoms with Crippen molar-refractivity contribution in [3.8, 4) is 5.75 Å². The van der Waals surface area contributed by atoms with E-state index in [0.29, 0.717) is 40.9 Å². The maximum Gasteiger partial charge on any atom is 0.274 e. The van der Waals surface area contributed by atoms with Crippen molar-refractivity contribution in [2.75, 3.05) is 5.32 Å². The minimum absolute atomic E-state index is 0.0634. The van der Waals surface area contributed by atoms with E-state index in [0.717, 1.165) is 4.47 Å². The fourth-order valence-electron chi connectivity index (χ4n) is 3.23. The molecule has 2 heterocycles. The number of anilines is 1. The summed E-state index contributed by atoms with van der Waals surface area (Å²) in [6, 6.07) is 15.6. The molecule has 0 saturated carbocycles. The fraction of sp³-hybridized carbons (Fsp3) is 0.217. The second-order valence-corrected chi connectivity index (χ2v) is 8.62. The number of rotatable bonds is 7. The van der Waals surface area contributed by atoms with E-state index in [9.17, 15) is 9.59 Å². The van der Waals surface area contributed by atoms with Crippen LogP contribution in [0, 0.1) is 5.92 Å². The van der Waals surface area contributed by atoms with Crippen molar-refractivity contribution in [3.05, 3.63) is 87.0 Å². The molecule has 0 atom stereocenters. The number of carbonyl (C=O) groups is 1. The highest BCUT2D eigenvalue weighted by molar-refractivity contribution is 9.10. The second kappa shape index (κ2) is 9.35. The number of carbonyl (C=O) groups excluding carboxylic acids is 1. The number of amides is 1. The zero-order chi connectivity index (χ0) is 22.7. The Labute approximate surface area is 193 Å². The van der Waals surface area contributed by atoms with Crippen molar-refractivity contribution in [2.24, 2.45) is 5.92 Å². The largest absolute Gasteiger partial charge is 0.485 e. The summed E-state index contributed by atoms with van der Waals surface area (Å²) in [5, 5.41) is 2.86. The van der Waals surface area contributed by atoms with Crippen LogP contribution >= 0.6 is 15.9 Å². The van der Waals surface area contributed by atoms with Gasteiger partial charge in [0.25, 0.3) is 17.2 Å². The maximum atomic E-state index is 12.6. The SMILES string of the molecule is CC(C)Cn1cnc2nc(COc3ccccc3NC(=O)c3ccc(Br)cc3)cc(=O)n21. The van der Waals surface area contributed by atoms with Gasteiger partial charge in [0.1, 0.15) is 18.7 Å². The highest BCUT2D eigenvalue weighted by atomic mass is 79.9. The molecule has 0 aliphatic heterocycles. The summed E-state index contributed by atoms with van der Waals surface area (Å²) in [7, 11) is 0. The third kappa shape index (κ3) is 4.88. The van der Waals surface area contributed by atoms with E-state index in [2.05, 4.69) is 45.1 Å². The molecule has 0 bridgehead atoms. The lowest BCUT2D eigenvalue weighted by Crippen LogP contribution is -2.23. The monoisotopic (exact) mass is 495 g/mol. The standard InChI is InChI=1S/C23H22BrN5O3/c1-15(2)12-28-14-25-23-26-18(11-21(30)29(23)28)13-32-20-6-4-3-5-19(20)27-22(31)16-7-9-17(24)10-8-16/h3-11,14-15H,12-13H2,1-2H3,(H,27,31). The normalized spacial score (nSPS) is 11.1. The Morgan fingerprint density at radius 1 is 1.16 bits per heavy atom. The molecule has 0 saturated heterocycles. The zero-order valence-corrected chi connectivity index (χ0v) is 19.2. The predicted molar refractivity (Wildman–Crippen MR) is 125 cm³/mol. The molecular weight excluding hydrogens is 474 g/mol. The summed E-state index contributed by atoms with van der Waals surface area (Å²) < 4.78 is 9.99. The van der Waals surface area contributed by atoms with Crippen LogP contribution in [-0.4, -0.2) is 25.1 Å². The maximum absolute atomic E-state index is 12.6. The van der Waals surface area contributed by atoms with Crippen LogP contribution in [0.3, 0.4) is 0 Å². The average Bonchev–Trinajstić information content (AvgIpc) is 3.16. The first-order valence-electron chi connectivity index (χ1n) is 10.1. The number of hydrogen-bond donors (Lipinski definition) is 1. The van der Waals surface area contributed by atoms with Crippen LogP contribution in [0.15, 0.2) is 70.2 Å². The summed E-state index contributed by atoms with van der Waals surface area (Å²) >= 11 is 3.36. The molecule has 0 unspecified atom stereocenters. The van der Waals surface area contributed by atoms with Gasteiger partial charge in [0.05, 0.1) is 11.4 Å². The predicted octanol–water partition coefficient (Wildman–Crippen LogP) is 4.14. The van der Waals surface area contributed by atoms with Gasteiger partial charge in [-0.2, -0.15) is 9.50 Å². The molecule has 1 amide bonds. The molecule has 0 aliphatic rings. The lowest BCUT2D eigenvalue weighted by Gasteiger charge is -2.12. The first-order valence-corrected chi connectivity index (χ1v) is 10.9. The highest BCUT2D eigenvalue weighted by Crippen LogP contribution is 2.25. The van der Waals surface area contributed by atoms with Crippen molar-refractivity contribution in [3.63, 3.8) is 0 Å². The van der Waals surface area contributed by atoms with Crippen LogP contribution in [0.5, 0.6) is 5.75 Å². The number of fused-ring (bicyclic) bond motifs is 1. The van der Waals surface area contributed by atoms with Crippen molar-refractivity contribution >= 4 is 33.3 Å². The van der Waals surface area contributed by atoms with E-state index in [1.54, 1.807) is 47.4 Å². The number of nitrogens with zero attached hydrogens (tertiary/aromatic N) is 4. The Bertz CT molecular complexity index is 1310. The fourth-order valence-corrected chi connectivity index (χ4v) is 3.49. The van der Waals surface area contributed by atoms with E-state index < -0.39 is 0 Å². The van der Waals surface area contributed by atoms with E-state index in [1.165, 1.54) is 10.6 Å². The Morgan fingerprint density at radius 2 is 1.91 bits per heavy atom. The summed E-state index contributed by atoms with van der Waals surface area (Å²) in [4.78, 5) is 33.9. The van der Waals surface area contributed by atoms with Crippen molar-refractivity contribution in [1.82, 2.24) is 19.2 Å². The van der Waals surface area contributed by atoms with Gasteiger partial charge in [0, 0.05) is 22.6 Å². The average molecular weight is 496 g/mol. The topological polar surface area (TPSA) is 90.5 Å². The Hall–Kier alpha value is -3.46. The number of benzene rings is 2. The molecule has 9 heteroatoms. The molecule has 2 aromatic heterocycles. The van der Waals surface area contributed by atoms with Crippen molar-refractivity contribution in [1.29, 1.82) is 0 Å². The van der Waals surface area contributed by atoms with Crippen LogP contribution < -0.4 is 15.6 Å². The molecule has 4 rings (SSSR count). The van der Waals surface area contributed by atoms with Gasteiger partial charge in [-0.3, -0.25) is 14.3 Å². The summed E-state index contributed by atoms with van der Waals surface area (Å²) in [6.07, 6.45) is 1.61. The first-order chi connectivity index (χ1) is 15.4. The van der Waals surface area contributed by atoms with Gasteiger partial charge in [-0.05, 0) is 42.3 Å². The third-order valence-corrected chi connectivity index (χ3v) is 5.19. The summed E-state index contributed by atoms with van der Waals surface area (Å²) in [6.45, 7) is 4.87. The molecule has 0 aliphatic carbocycles. The molecular formula is C23H22BrN5O3. The number of para-hydroxylation sites is 2. The minimum atomic E-state index is -0.248. The van der Waals surface area contributed by atoms with Crippen LogP contribution in [-0.2, 0) is 13.2 Å². The van der Waals surface area contributed by atoms with Gasteiger partial charge >= 0.3 is 0 Å². The van der Waals surface area contributed by atoms with Crippen LogP contribution in [0.4, 0.5) is 5.69 Å². The Balaban J connectivity index is 1.51. The van der Waals surface area contributed by atoms with Crippen LogP contribution in [0.2, 0.25) is 0 Å². The Morgan fingerprint density at radius 3 is 2.66 bits per heavy atom. The number of ether oxygens (including phenoxy) is 1. The first kappa shape index (κ1) is 21.8. The van der Waals surface area contributed by atoms with E-state index in [-0.39, 0.29) is 18.1 Å². The minimum Gasteiger partial charge on any atom is -0.485 e. The highest BCUT2D eigenvalue weighted by Gasteiger charge is 2.12. The quantitative estimate of drug-likeness (QED) is 0.416. The van der Waals surface area contributed by atoms with Gasteiger partial charge < -0.3 is 10.1 Å². The Kier molecular flexibility index (Phi) is 6.36. The van der Waals surface area contributed by atoms with Crippen LogP contribution in [0.1, 0.15) is 29.9 Å². The molecule has 32 heavy (non-hydrogen) atoms. The molecule has 4 aromatic rings. The number of aromatic nitrogens is 4. The van der Waals surface area contributed by atoms with Crippen LogP contribution in [0.25, 0.3) is 5.78 Å². The molecule has 0 fully saturated rings. The van der Waals surface area contributed by atoms with Gasteiger partial charge in [0.15, 0.2) is 0 Å². The second-order valence-electron chi connectivity index (χ2n) is 7.70. The molecule has 1 N–H and O–H groups in total. The van der Waals surface area contributed by atoms with Crippen molar-refractivity contribution < 1.29 is 9.53 Å². The third-order valence-electron chi connectivity index (χ3n) is 4.66. The lowest BCUT2D eigenvalue weighted by molar-refractivity contribution is 0.102.